The SMILES string of the molecule is Cn1cc(-c2ccc(-c3cnc4cccc(NCC5=CC=CCC=C5)n34)cc2)cn1. The van der Waals surface area contributed by atoms with Crippen LogP contribution in [-0.4, -0.2) is 25.7 Å². The monoisotopic (exact) mass is 393 g/mol. The van der Waals surface area contributed by atoms with Gasteiger partial charge in [0.25, 0.3) is 0 Å². The van der Waals surface area contributed by atoms with Gasteiger partial charge in [-0.05, 0) is 29.7 Å². The molecule has 30 heavy (non-hydrogen) atoms. The Labute approximate surface area is 175 Å². The van der Waals surface area contributed by atoms with Gasteiger partial charge in [0.1, 0.15) is 11.5 Å². The zero-order valence-electron chi connectivity index (χ0n) is 16.9. The molecule has 5 nitrogen and oxygen atoms in total. The fourth-order valence-corrected chi connectivity index (χ4v) is 3.72. The van der Waals surface area contributed by atoms with Crippen LogP contribution in [0.3, 0.4) is 0 Å². The lowest BCUT2D eigenvalue weighted by atomic mass is 10.1. The topological polar surface area (TPSA) is 47.2 Å². The smallest absolute Gasteiger partial charge is 0.138 e. The van der Waals surface area contributed by atoms with Crippen LogP contribution in [-0.2, 0) is 7.05 Å². The van der Waals surface area contributed by atoms with Gasteiger partial charge in [0, 0.05) is 30.9 Å². The van der Waals surface area contributed by atoms with Crippen molar-refractivity contribution in [3.63, 3.8) is 0 Å². The molecule has 0 aliphatic heterocycles. The van der Waals surface area contributed by atoms with E-state index in [0.29, 0.717) is 0 Å². The second kappa shape index (κ2) is 7.87. The molecule has 0 saturated carbocycles. The molecule has 148 valence electrons. The molecule has 3 heterocycles. The fraction of sp³-hybridized carbons (Fsp3) is 0.120. The van der Waals surface area contributed by atoms with Crippen LogP contribution in [0.2, 0.25) is 0 Å². The molecule has 0 fully saturated rings. The first-order chi connectivity index (χ1) is 14.8. The predicted molar refractivity (Wildman–Crippen MR) is 122 cm³/mol. The van der Waals surface area contributed by atoms with Crippen LogP contribution in [0.25, 0.3) is 28.0 Å². The minimum absolute atomic E-state index is 0.761. The lowest BCUT2D eigenvalue weighted by Gasteiger charge is -2.12. The summed E-state index contributed by atoms with van der Waals surface area (Å²) in [7, 11) is 1.93. The summed E-state index contributed by atoms with van der Waals surface area (Å²) in [6.07, 6.45) is 17.6. The number of imidazole rings is 1. The Morgan fingerprint density at radius 1 is 0.967 bits per heavy atom. The summed E-state index contributed by atoms with van der Waals surface area (Å²) in [5.41, 5.74) is 6.64. The molecule has 4 aromatic rings. The fourth-order valence-electron chi connectivity index (χ4n) is 3.72. The minimum atomic E-state index is 0.761. The molecule has 0 unspecified atom stereocenters. The first-order valence-electron chi connectivity index (χ1n) is 10.1. The molecule has 3 aromatic heterocycles. The molecular formula is C25H23N5. The van der Waals surface area contributed by atoms with E-state index in [4.69, 9.17) is 0 Å². The largest absolute Gasteiger partial charge is 0.367 e. The number of benzene rings is 1. The highest BCUT2D eigenvalue weighted by molar-refractivity contribution is 5.71. The second-order valence-corrected chi connectivity index (χ2v) is 7.39. The van der Waals surface area contributed by atoms with Gasteiger partial charge in [0.15, 0.2) is 0 Å². The van der Waals surface area contributed by atoms with E-state index < -0.39 is 0 Å². The van der Waals surface area contributed by atoms with Crippen LogP contribution in [0.5, 0.6) is 0 Å². The van der Waals surface area contributed by atoms with Gasteiger partial charge in [-0.3, -0.25) is 9.08 Å². The van der Waals surface area contributed by atoms with Gasteiger partial charge in [-0.2, -0.15) is 5.10 Å². The number of hydrogen-bond acceptors (Lipinski definition) is 3. The summed E-state index contributed by atoms with van der Waals surface area (Å²) in [6, 6.07) is 14.7. The van der Waals surface area contributed by atoms with Crippen molar-refractivity contribution in [2.24, 2.45) is 7.05 Å². The molecule has 1 aromatic carbocycles. The quantitative estimate of drug-likeness (QED) is 0.503. The molecule has 0 saturated heterocycles. The molecule has 0 atom stereocenters. The highest BCUT2D eigenvalue weighted by Gasteiger charge is 2.10. The maximum atomic E-state index is 4.62. The van der Waals surface area contributed by atoms with Crippen LogP contribution >= 0.6 is 0 Å². The van der Waals surface area contributed by atoms with Gasteiger partial charge in [0.05, 0.1) is 18.1 Å². The molecule has 1 N–H and O–H groups in total. The highest BCUT2D eigenvalue weighted by Crippen LogP contribution is 2.27. The average Bonchev–Trinajstić information content (AvgIpc) is 3.31. The Kier molecular flexibility index (Phi) is 4.77. The van der Waals surface area contributed by atoms with Crippen LogP contribution in [0.4, 0.5) is 5.82 Å². The van der Waals surface area contributed by atoms with Crippen molar-refractivity contribution in [3.05, 3.63) is 97.0 Å². The number of aryl methyl sites for hydroxylation is 1. The zero-order valence-corrected chi connectivity index (χ0v) is 16.9. The van der Waals surface area contributed by atoms with Gasteiger partial charge in [0.2, 0.25) is 0 Å². The number of anilines is 1. The number of allylic oxidation sites excluding steroid dienone is 4. The third-order valence-corrected chi connectivity index (χ3v) is 5.27. The van der Waals surface area contributed by atoms with Crippen LogP contribution in [0.1, 0.15) is 6.42 Å². The van der Waals surface area contributed by atoms with E-state index in [2.05, 4.69) is 80.5 Å². The molecule has 5 rings (SSSR count). The van der Waals surface area contributed by atoms with E-state index >= 15 is 0 Å². The van der Waals surface area contributed by atoms with Gasteiger partial charge in [-0.1, -0.05) is 60.7 Å². The summed E-state index contributed by atoms with van der Waals surface area (Å²) in [5, 5.41) is 7.84. The molecule has 1 aliphatic rings. The van der Waals surface area contributed by atoms with E-state index in [-0.39, 0.29) is 0 Å². The van der Waals surface area contributed by atoms with Crippen molar-refractivity contribution < 1.29 is 0 Å². The molecule has 0 bridgehead atoms. The summed E-state index contributed by atoms with van der Waals surface area (Å²) in [5.74, 6) is 1.03. The van der Waals surface area contributed by atoms with Gasteiger partial charge in [-0.25, -0.2) is 4.98 Å². The Balaban J connectivity index is 1.46. The van der Waals surface area contributed by atoms with Crippen LogP contribution < -0.4 is 5.32 Å². The normalized spacial score (nSPS) is 13.4. The summed E-state index contributed by atoms with van der Waals surface area (Å²) < 4.78 is 4.00. The van der Waals surface area contributed by atoms with Gasteiger partial charge >= 0.3 is 0 Å². The van der Waals surface area contributed by atoms with E-state index in [0.717, 1.165) is 46.8 Å². The van der Waals surface area contributed by atoms with E-state index in [1.165, 1.54) is 5.57 Å². The average molecular weight is 393 g/mol. The van der Waals surface area contributed by atoms with E-state index in [1.54, 1.807) is 0 Å². The Bertz CT molecular complexity index is 1270. The highest BCUT2D eigenvalue weighted by atomic mass is 15.2. The summed E-state index contributed by atoms with van der Waals surface area (Å²) in [4.78, 5) is 4.62. The number of rotatable bonds is 5. The molecule has 0 spiro atoms. The molecular weight excluding hydrogens is 370 g/mol. The molecule has 1 aliphatic carbocycles. The lowest BCUT2D eigenvalue weighted by Crippen LogP contribution is -2.07. The number of hydrogen-bond donors (Lipinski definition) is 1. The Morgan fingerprint density at radius 3 is 2.67 bits per heavy atom. The van der Waals surface area contributed by atoms with E-state index in [1.807, 2.05) is 42.5 Å². The Morgan fingerprint density at radius 2 is 1.83 bits per heavy atom. The van der Waals surface area contributed by atoms with Gasteiger partial charge in [-0.15, -0.1) is 0 Å². The number of aromatic nitrogens is 4. The molecule has 5 heteroatoms. The first-order valence-corrected chi connectivity index (χ1v) is 10.1. The predicted octanol–water partition coefficient (Wildman–Crippen LogP) is 5.26. The minimum Gasteiger partial charge on any atom is -0.367 e. The first kappa shape index (κ1) is 18.2. The summed E-state index contributed by atoms with van der Waals surface area (Å²) >= 11 is 0. The second-order valence-electron chi connectivity index (χ2n) is 7.39. The van der Waals surface area contributed by atoms with E-state index in [9.17, 15) is 0 Å². The zero-order chi connectivity index (χ0) is 20.3. The lowest BCUT2D eigenvalue weighted by molar-refractivity contribution is 0.768. The standard InChI is InChI=1S/C25H23N5/c1-29-18-22(16-28-29)20-11-13-21(14-12-20)23-17-27-25-10-6-9-24(30(23)25)26-15-19-7-4-2-3-5-8-19/h2,4-14,16-18,26H,3,15H2,1H3. The van der Waals surface area contributed by atoms with Crippen LogP contribution in [0, 0.1) is 0 Å². The van der Waals surface area contributed by atoms with Crippen molar-refractivity contribution >= 4 is 11.5 Å². The third kappa shape index (κ3) is 3.57. The van der Waals surface area contributed by atoms with Crippen molar-refractivity contribution in [2.45, 2.75) is 6.42 Å². The number of fused-ring (bicyclic) bond motifs is 1. The van der Waals surface area contributed by atoms with Crippen molar-refractivity contribution in [3.8, 4) is 22.4 Å². The van der Waals surface area contributed by atoms with Crippen LogP contribution in [0.15, 0.2) is 97.0 Å². The number of pyridine rings is 1. The number of nitrogens with one attached hydrogen (secondary N) is 1. The van der Waals surface area contributed by atoms with Crippen molar-refractivity contribution in [1.29, 1.82) is 0 Å². The maximum absolute atomic E-state index is 4.62. The summed E-state index contributed by atoms with van der Waals surface area (Å²) in [6.45, 7) is 0.761. The molecule has 0 amide bonds. The van der Waals surface area contributed by atoms with Gasteiger partial charge < -0.3 is 5.32 Å². The van der Waals surface area contributed by atoms with Crippen molar-refractivity contribution in [1.82, 2.24) is 19.2 Å². The maximum Gasteiger partial charge on any atom is 0.138 e. The third-order valence-electron chi connectivity index (χ3n) is 5.27. The Hall–Kier alpha value is -3.86. The number of nitrogens with zero attached hydrogens (tertiary/aromatic N) is 4. The van der Waals surface area contributed by atoms with Crippen molar-refractivity contribution in [2.75, 3.05) is 11.9 Å². The molecule has 0 radical (unpaired) electrons.